The first-order valence-electron chi connectivity index (χ1n) is 7.10. The number of pyridine rings is 1. The molecule has 21 heavy (non-hydrogen) atoms. The zero-order valence-corrected chi connectivity index (χ0v) is 13.0. The van der Waals surface area contributed by atoms with E-state index in [1.807, 2.05) is 17.0 Å². The Morgan fingerprint density at radius 3 is 2.90 bits per heavy atom. The molecule has 1 atom stereocenters. The highest BCUT2D eigenvalue weighted by molar-refractivity contribution is 6.36. The summed E-state index contributed by atoms with van der Waals surface area (Å²) in [5.41, 5.74) is 1.31. The van der Waals surface area contributed by atoms with Crippen LogP contribution in [0.3, 0.4) is 0 Å². The Kier molecular flexibility index (Phi) is 3.83. The van der Waals surface area contributed by atoms with Gasteiger partial charge in [0.2, 0.25) is 0 Å². The number of amides is 1. The van der Waals surface area contributed by atoms with E-state index < -0.39 is 0 Å². The summed E-state index contributed by atoms with van der Waals surface area (Å²) in [6.07, 6.45) is 1.70. The molecule has 2 aromatic rings. The van der Waals surface area contributed by atoms with Gasteiger partial charge in [-0.15, -0.1) is 0 Å². The van der Waals surface area contributed by atoms with Gasteiger partial charge in [-0.25, -0.2) is 0 Å². The van der Waals surface area contributed by atoms with Crippen LogP contribution in [0.2, 0.25) is 5.02 Å². The highest BCUT2D eigenvalue weighted by Gasteiger charge is 2.27. The molecule has 0 radical (unpaired) electrons. The van der Waals surface area contributed by atoms with E-state index in [-0.39, 0.29) is 11.9 Å². The minimum Gasteiger partial charge on any atom is -0.333 e. The predicted molar refractivity (Wildman–Crippen MR) is 84.7 cm³/mol. The molecule has 3 rings (SSSR count). The molecular weight excluding hydrogens is 286 g/mol. The van der Waals surface area contributed by atoms with Gasteiger partial charge in [-0.1, -0.05) is 11.6 Å². The van der Waals surface area contributed by atoms with Crippen LogP contribution >= 0.6 is 11.6 Å². The highest BCUT2D eigenvalue weighted by Crippen LogP contribution is 2.26. The van der Waals surface area contributed by atoms with Crippen molar-refractivity contribution in [3.8, 4) is 0 Å². The Morgan fingerprint density at radius 1 is 1.33 bits per heavy atom. The molecular formula is C16H18ClN3O. The van der Waals surface area contributed by atoms with E-state index in [2.05, 4.69) is 23.9 Å². The Morgan fingerprint density at radius 2 is 2.14 bits per heavy atom. The van der Waals surface area contributed by atoms with Crippen molar-refractivity contribution < 1.29 is 4.79 Å². The molecule has 1 aliphatic rings. The molecule has 0 saturated carbocycles. The van der Waals surface area contributed by atoms with E-state index in [0.717, 1.165) is 25.0 Å². The van der Waals surface area contributed by atoms with Gasteiger partial charge in [-0.2, -0.15) is 0 Å². The van der Waals surface area contributed by atoms with Crippen LogP contribution in [0.4, 0.5) is 0 Å². The van der Waals surface area contributed by atoms with Crippen molar-refractivity contribution in [2.24, 2.45) is 0 Å². The fraction of sp³-hybridized carbons (Fsp3) is 0.375. The van der Waals surface area contributed by atoms with Crippen LogP contribution in [0.25, 0.3) is 10.9 Å². The van der Waals surface area contributed by atoms with Crippen molar-refractivity contribution in [1.29, 1.82) is 0 Å². The van der Waals surface area contributed by atoms with Gasteiger partial charge in [0.1, 0.15) is 0 Å². The van der Waals surface area contributed by atoms with Crippen molar-refractivity contribution >= 4 is 28.4 Å². The van der Waals surface area contributed by atoms with Crippen molar-refractivity contribution in [2.45, 2.75) is 13.0 Å². The van der Waals surface area contributed by atoms with Crippen LogP contribution in [-0.2, 0) is 0 Å². The minimum atomic E-state index is 0.0379. The van der Waals surface area contributed by atoms with Gasteiger partial charge in [0, 0.05) is 37.3 Å². The van der Waals surface area contributed by atoms with Gasteiger partial charge in [0.15, 0.2) is 0 Å². The van der Waals surface area contributed by atoms with Crippen LogP contribution in [0.15, 0.2) is 30.5 Å². The van der Waals surface area contributed by atoms with Crippen LogP contribution in [-0.4, -0.2) is 53.4 Å². The van der Waals surface area contributed by atoms with Crippen LogP contribution in [0.5, 0.6) is 0 Å². The third-order valence-electron chi connectivity index (χ3n) is 4.04. The zero-order chi connectivity index (χ0) is 15.0. The molecule has 1 unspecified atom stereocenters. The van der Waals surface area contributed by atoms with E-state index >= 15 is 0 Å². The summed E-state index contributed by atoms with van der Waals surface area (Å²) in [5.74, 6) is 0.0379. The first-order valence-corrected chi connectivity index (χ1v) is 7.48. The molecule has 110 valence electrons. The molecule has 4 nitrogen and oxygen atoms in total. The number of halogens is 1. The number of benzene rings is 1. The highest BCUT2D eigenvalue weighted by atomic mass is 35.5. The predicted octanol–water partition coefficient (Wildman–Crippen LogP) is 2.66. The average Bonchev–Trinajstić information content (AvgIpc) is 2.47. The SMILES string of the molecule is CC1CN(C)CCN1C(=O)c1ccc(Cl)c2cccnc12. The van der Waals surface area contributed by atoms with Gasteiger partial charge < -0.3 is 9.80 Å². The summed E-state index contributed by atoms with van der Waals surface area (Å²) in [6, 6.07) is 7.49. The molecule has 0 aliphatic carbocycles. The summed E-state index contributed by atoms with van der Waals surface area (Å²) in [5, 5.41) is 1.45. The lowest BCUT2D eigenvalue weighted by Gasteiger charge is -2.38. The smallest absolute Gasteiger partial charge is 0.256 e. The van der Waals surface area contributed by atoms with E-state index in [0.29, 0.717) is 16.1 Å². The Hall–Kier alpha value is -1.65. The van der Waals surface area contributed by atoms with Gasteiger partial charge in [-0.05, 0) is 38.2 Å². The third-order valence-corrected chi connectivity index (χ3v) is 4.37. The Balaban J connectivity index is 2.01. The molecule has 1 aliphatic heterocycles. The number of fused-ring (bicyclic) bond motifs is 1. The summed E-state index contributed by atoms with van der Waals surface area (Å²) in [6.45, 7) is 4.62. The molecule has 1 amide bonds. The summed E-state index contributed by atoms with van der Waals surface area (Å²) >= 11 is 6.20. The second kappa shape index (κ2) is 5.62. The second-order valence-corrected chi connectivity index (χ2v) is 6.01. The maximum Gasteiger partial charge on any atom is 0.256 e. The average molecular weight is 304 g/mol. The van der Waals surface area contributed by atoms with E-state index in [4.69, 9.17) is 11.6 Å². The lowest BCUT2D eigenvalue weighted by atomic mass is 10.1. The van der Waals surface area contributed by atoms with E-state index in [1.54, 1.807) is 18.3 Å². The lowest BCUT2D eigenvalue weighted by Crippen LogP contribution is -2.52. The Labute approximate surface area is 129 Å². The van der Waals surface area contributed by atoms with E-state index in [1.165, 1.54) is 0 Å². The van der Waals surface area contributed by atoms with E-state index in [9.17, 15) is 4.79 Å². The number of hydrogen-bond donors (Lipinski definition) is 0. The third kappa shape index (κ3) is 2.61. The number of rotatable bonds is 1. The first-order chi connectivity index (χ1) is 10.1. The van der Waals surface area contributed by atoms with Gasteiger partial charge in [0.25, 0.3) is 5.91 Å². The van der Waals surface area contributed by atoms with Crippen molar-refractivity contribution in [3.63, 3.8) is 0 Å². The number of aromatic nitrogens is 1. The normalized spacial score (nSPS) is 20.0. The molecule has 1 saturated heterocycles. The van der Waals surface area contributed by atoms with Gasteiger partial charge in [0.05, 0.1) is 16.1 Å². The maximum absolute atomic E-state index is 12.9. The number of likely N-dealkylation sites (N-methyl/N-ethyl adjacent to an activating group) is 1. The van der Waals surface area contributed by atoms with Crippen LogP contribution in [0.1, 0.15) is 17.3 Å². The number of hydrogen-bond acceptors (Lipinski definition) is 3. The number of carbonyl (C=O) groups excluding carboxylic acids is 1. The van der Waals surface area contributed by atoms with Crippen molar-refractivity contribution in [1.82, 2.24) is 14.8 Å². The molecule has 0 N–H and O–H groups in total. The lowest BCUT2D eigenvalue weighted by molar-refractivity contribution is 0.0535. The Bertz CT molecular complexity index is 688. The van der Waals surface area contributed by atoms with Gasteiger partial charge in [-0.3, -0.25) is 9.78 Å². The molecule has 1 aromatic carbocycles. The molecule has 2 heterocycles. The monoisotopic (exact) mass is 303 g/mol. The minimum absolute atomic E-state index is 0.0379. The molecule has 1 aromatic heterocycles. The molecule has 0 bridgehead atoms. The zero-order valence-electron chi connectivity index (χ0n) is 12.2. The molecule has 1 fully saturated rings. The standard InChI is InChI=1S/C16H18ClN3O/c1-11-10-19(2)8-9-20(11)16(21)13-5-6-14(17)12-4-3-7-18-15(12)13/h3-7,11H,8-10H2,1-2H3. The largest absolute Gasteiger partial charge is 0.333 e. The second-order valence-electron chi connectivity index (χ2n) is 5.60. The molecule has 5 heteroatoms. The number of carbonyl (C=O) groups is 1. The topological polar surface area (TPSA) is 36.4 Å². The fourth-order valence-electron chi connectivity index (χ4n) is 2.91. The van der Waals surface area contributed by atoms with Crippen molar-refractivity contribution in [3.05, 3.63) is 41.0 Å². The number of nitrogens with zero attached hydrogens (tertiary/aromatic N) is 3. The summed E-state index contributed by atoms with van der Waals surface area (Å²) in [4.78, 5) is 21.4. The van der Waals surface area contributed by atoms with Gasteiger partial charge >= 0.3 is 0 Å². The number of piperazine rings is 1. The van der Waals surface area contributed by atoms with Crippen molar-refractivity contribution in [2.75, 3.05) is 26.7 Å². The molecule has 0 spiro atoms. The quantitative estimate of drug-likeness (QED) is 0.812. The van der Waals surface area contributed by atoms with Crippen LogP contribution < -0.4 is 0 Å². The fourth-order valence-corrected chi connectivity index (χ4v) is 3.12. The summed E-state index contributed by atoms with van der Waals surface area (Å²) in [7, 11) is 2.08. The first kappa shape index (κ1) is 14.3. The van der Waals surface area contributed by atoms with Crippen LogP contribution in [0, 0.1) is 0 Å². The summed E-state index contributed by atoms with van der Waals surface area (Å²) < 4.78 is 0. The maximum atomic E-state index is 12.9.